The van der Waals surface area contributed by atoms with Crippen LogP contribution in [0.4, 0.5) is 0 Å². The van der Waals surface area contributed by atoms with E-state index in [2.05, 4.69) is 15.9 Å². The number of ether oxygens (including phenoxy) is 2. The summed E-state index contributed by atoms with van der Waals surface area (Å²) in [7, 11) is 1.61. The zero-order chi connectivity index (χ0) is 12.8. The monoisotopic (exact) mass is 298 g/mol. The van der Waals surface area contributed by atoms with Gasteiger partial charge in [-0.3, -0.25) is 0 Å². The maximum Gasteiger partial charge on any atom is 0.333 e. The minimum absolute atomic E-state index is 0.304. The lowest BCUT2D eigenvalue weighted by molar-refractivity contribution is -0.138. The summed E-state index contributed by atoms with van der Waals surface area (Å²) in [5.74, 6) is 0.443. The van der Waals surface area contributed by atoms with E-state index in [9.17, 15) is 4.79 Å². The zero-order valence-corrected chi connectivity index (χ0v) is 11.7. The van der Waals surface area contributed by atoms with Crippen LogP contribution in [0.2, 0.25) is 0 Å². The van der Waals surface area contributed by atoms with E-state index in [4.69, 9.17) is 9.47 Å². The maximum atomic E-state index is 11.5. The van der Waals surface area contributed by atoms with Gasteiger partial charge >= 0.3 is 5.97 Å². The van der Waals surface area contributed by atoms with Gasteiger partial charge < -0.3 is 9.47 Å². The minimum atomic E-state index is -0.304. The summed E-state index contributed by atoms with van der Waals surface area (Å²) in [5, 5.41) is 0. The number of esters is 1. The summed E-state index contributed by atoms with van der Waals surface area (Å²) < 4.78 is 11.0. The fraction of sp³-hybridized carbons (Fsp3) is 0.308. The van der Waals surface area contributed by atoms with E-state index >= 15 is 0 Å². The highest BCUT2D eigenvalue weighted by molar-refractivity contribution is 9.10. The van der Waals surface area contributed by atoms with Crippen molar-refractivity contribution in [2.24, 2.45) is 0 Å². The van der Waals surface area contributed by atoms with Crippen molar-refractivity contribution in [3.8, 4) is 5.75 Å². The van der Waals surface area contributed by atoms with Crippen molar-refractivity contribution in [1.82, 2.24) is 0 Å². The van der Waals surface area contributed by atoms with Crippen LogP contribution in [0, 0.1) is 0 Å². The molecular weight excluding hydrogens is 284 g/mol. The van der Waals surface area contributed by atoms with Crippen LogP contribution in [0.3, 0.4) is 0 Å². The van der Waals surface area contributed by atoms with Crippen LogP contribution in [0.15, 0.2) is 28.2 Å². The molecule has 0 saturated carbocycles. The van der Waals surface area contributed by atoms with Gasteiger partial charge in [-0.1, -0.05) is 15.9 Å². The number of carbonyl (C=O) groups is 1. The molecule has 0 aromatic heterocycles. The first kappa shape index (κ1) is 13.8. The molecule has 1 aromatic carbocycles. The van der Waals surface area contributed by atoms with Crippen molar-refractivity contribution in [2.45, 2.75) is 13.8 Å². The van der Waals surface area contributed by atoms with E-state index in [1.165, 1.54) is 0 Å². The fourth-order valence-corrected chi connectivity index (χ4v) is 1.66. The van der Waals surface area contributed by atoms with Crippen LogP contribution in [0.1, 0.15) is 19.4 Å². The van der Waals surface area contributed by atoms with Gasteiger partial charge in [-0.2, -0.15) is 0 Å². The van der Waals surface area contributed by atoms with Crippen molar-refractivity contribution in [3.63, 3.8) is 0 Å². The molecule has 0 atom stereocenters. The molecule has 0 amide bonds. The molecule has 0 unspecified atom stereocenters. The topological polar surface area (TPSA) is 35.5 Å². The molecular formula is C13H15BrO3. The van der Waals surface area contributed by atoms with Gasteiger partial charge in [-0.25, -0.2) is 4.79 Å². The van der Waals surface area contributed by atoms with Crippen molar-refractivity contribution >= 4 is 28.0 Å². The molecule has 0 aliphatic rings. The Kier molecular flexibility index (Phi) is 5.22. The molecule has 3 nitrogen and oxygen atoms in total. The van der Waals surface area contributed by atoms with E-state index in [0.717, 1.165) is 15.8 Å². The van der Waals surface area contributed by atoms with Gasteiger partial charge in [0.05, 0.1) is 13.7 Å². The third-order valence-corrected chi connectivity index (χ3v) is 2.89. The molecule has 0 aliphatic heterocycles. The third-order valence-electron chi connectivity index (χ3n) is 2.17. The summed E-state index contributed by atoms with van der Waals surface area (Å²) in [6, 6.07) is 5.58. The van der Waals surface area contributed by atoms with Crippen LogP contribution in [-0.4, -0.2) is 19.7 Å². The number of benzene rings is 1. The number of hydrogen-bond donors (Lipinski definition) is 0. The minimum Gasteiger partial charge on any atom is -0.497 e. The summed E-state index contributed by atoms with van der Waals surface area (Å²) in [4.78, 5) is 11.5. The van der Waals surface area contributed by atoms with Crippen LogP contribution in [0.25, 0.3) is 6.08 Å². The molecule has 17 heavy (non-hydrogen) atoms. The van der Waals surface area contributed by atoms with Crippen LogP contribution in [-0.2, 0) is 9.53 Å². The quantitative estimate of drug-likeness (QED) is 0.631. The maximum absolute atomic E-state index is 11.5. The average Bonchev–Trinajstić information content (AvgIpc) is 2.32. The molecule has 0 spiro atoms. The van der Waals surface area contributed by atoms with Gasteiger partial charge in [0.15, 0.2) is 0 Å². The standard InChI is InChI=1S/C13H15BrO3/c1-4-17-13(15)9(2)7-10-8-11(16-3)5-6-12(10)14/h5-8H,4H2,1-3H3/b9-7+. The molecule has 0 aliphatic carbocycles. The molecule has 0 heterocycles. The van der Waals surface area contributed by atoms with Crippen molar-refractivity contribution < 1.29 is 14.3 Å². The number of hydrogen-bond acceptors (Lipinski definition) is 3. The lowest BCUT2D eigenvalue weighted by Crippen LogP contribution is -2.04. The van der Waals surface area contributed by atoms with Crippen molar-refractivity contribution in [1.29, 1.82) is 0 Å². The van der Waals surface area contributed by atoms with Gasteiger partial charge in [0.2, 0.25) is 0 Å². The normalized spacial score (nSPS) is 11.2. The number of methoxy groups -OCH3 is 1. The Labute approximate surface area is 110 Å². The second kappa shape index (κ2) is 6.45. The highest BCUT2D eigenvalue weighted by Crippen LogP contribution is 2.24. The molecule has 0 saturated heterocycles. The Balaban J connectivity index is 3.00. The highest BCUT2D eigenvalue weighted by Gasteiger charge is 2.06. The van der Waals surface area contributed by atoms with Gasteiger partial charge in [0.25, 0.3) is 0 Å². The second-order valence-corrected chi connectivity index (χ2v) is 4.29. The zero-order valence-electron chi connectivity index (χ0n) is 10.1. The van der Waals surface area contributed by atoms with Gasteiger partial charge in [0.1, 0.15) is 5.75 Å². The lowest BCUT2D eigenvalue weighted by atomic mass is 10.1. The lowest BCUT2D eigenvalue weighted by Gasteiger charge is -2.05. The first-order chi connectivity index (χ1) is 8.08. The number of rotatable bonds is 4. The van der Waals surface area contributed by atoms with Crippen LogP contribution >= 0.6 is 15.9 Å². The SMILES string of the molecule is CCOC(=O)/C(C)=C/c1cc(OC)ccc1Br. The predicted molar refractivity (Wildman–Crippen MR) is 71.0 cm³/mol. The van der Waals surface area contributed by atoms with Gasteiger partial charge in [-0.05, 0) is 43.7 Å². The van der Waals surface area contributed by atoms with E-state index in [1.807, 2.05) is 18.2 Å². The van der Waals surface area contributed by atoms with E-state index in [-0.39, 0.29) is 5.97 Å². The third kappa shape index (κ3) is 3.89. The summed E-state index contributed by atoms with van der Waals surface area (Å²) in [6.07, 6.45) is 1.77. The van der Waals surface area contributed by atoms with Crippen LogP contribution < -0.4 is 4.74 Å². The van der Waals surface area contributed by atoms with Gasteiger partial charge in [0, 0.05) is 10.0 Å². The Morgan fingerprint density at radius 3 is 2.76 bits per heavy atom. The molecule has 92 valence electrons. The summed E-state index contributed by atoms with van der Waals surface area (Å²) >= 11 is 3.42. The molecule has 0 radical (unpaired) electrons. The molecule has 0 fully saturated rings. The molecule has 4 heteroatoms. The average molecular weight is 299 g/mol. The fourth-order valence-electron chi connectivity index (χ4n) is 1.30. The van der Waals surface area contributed by atoms with Crippen molar-refractivity contribution in [2.75, 3.05) is 13.7 Å². The molecule has 0 bridgehead atoms. The van der Waals surface area contributed by atoms with E-state index < -0.39 is 0 Å². The number of halogens is 1. The summed E-state index contributed by atoms with van der Waals surface area (Å²) in [6.45, 7) is 3.89. The van der Waals surface area contributed by atoms with E-state index in [0.29, 0.717) is 12.2 Å². The Morgan fingerprint density at radius 1 is 1.47 bits per heavy atom. The largest absolute Gasteiger partial charge is 0.497 e. The Hall–Kier alpha value is -1.29. The summed E-state index contributed by atoms with van der Waals surface area (Å²) in [5.41, 5.74) is 1.44. The molecule has 0 N–H and O–H groups in total. The molecule has 1 rings (SSSR count). The number of carbonyl (C=O) groups excluding carboxylic acids is 1. The predicted octanol–water partition coefficient (Wildman–Crippen LogP) is 3.42. The Morgan fingerprint density at radius 2 is 2.18 bits per heavy atom. The Bertz CT molecular complexity index is 438. The second-order valence-electron chi connectivity index (χ2n) is 3.44. The van der Waals surface area contributed by atoms with Crippen LogP contribution in [0.5, 0.6) is 5.75 Å². The van der Waals surface area contributed by atoms with Crippen molar-refractivity contribution in [3.05, 3.63) is 33.8 Å². The van der Waals surface area contributed by atoms with E-state index in [1.54, 1.807) is 27.0 Å². The highest BCUT2D eigenvalue weighted by atomic mass is 79.9. The van der Waals surface area contributed by atoms with Gasteiger partial charge in [-0.15, -0.1) is 0 Å². The molecule has 1 aromatic rings. The smallest absolute Gasteiger partial charge is 0.333 e. The first-order valence-corrected chi connectivity index (χ1v) is 6.06. The first-order valence-electron chi connectivity index (χ1n) is 5.27.